The molecular weight excluding hydrogens is 162 g/mol. The van der Waals surface area contributed by atoms with Gasteiger partial charge in [-0.05, 0) is 37.3 Å². The Bertz CT molecular complexity index is 259. The summed E-state index contributed by atoms with van der Waals surface area (Å²) in [4.78, 5) is 12.9. The van der Waals surface area contributed by atoms with Crippen LogP contribution in [0.2, 0.25) is 0 Å². The summed E-state index contributed by atoms with van der Waals surface area (Å²) >= 11 is 0. The number of hydrogen-bond acceptors (Lipinski definition) is 2. The van der Waals surface area contributed by atoms with Crippen molar-refractivity contribution in [3.05, 3.63) is 23.4 Å². The van der Waals surface area contributed by atoms with Gasteiger partial charge in [0.25, 0.3) is 0 Å². The molecule has 1 aliphatic carbocycles. The zero-order valence-electron chi connectivity index (χ0n) is 7.83. The second kappa shape index (κ2) is 3.77. The lowest BCUT2D eigenvalue weighted by Gasteiger charge is -2.23. The number of aldehydes is 1. The lowest BCUT2D eigenvalue weighted by Crippen LogP contribution is -2.19. The SMILES string of the molecule is O=CC1=CC=C(N2CCCC2)CC1. The van der Waals surface area contributed by atoms with Crippen molar-refractivity contribution in [1.29, 1.82) is 0 Å². The number of rotatable bonds is 2. The third-order valence-electron chi connectivity index (χ3n) is 2.82. The number of likely N-dealkylation sites (tertiary alicyclic amines) is 1. The van der Waals surface area contributed by atoms with Crippen LogP contribution in [0.4, 0.5) is 0 Å². The van der Waals surface area contributed by atoms with Crippen LogP contribution in [-0.4, -0.2) is 24.3 Å². The maximum Gasteiger partial charge on any atom is 0.146 e. The predicted octanol–water partition coefficient (Wildman–Crippen LogP) is 1.89. The summed E-state index contributed by atoms with van der Waals surface area (Å²) in [6.45, 7) is 2.41. The van der Waals surface area contributed by atoms with Gasteiger partial charge in [-0.2, -0.15) is 0 Å². The summed E-state index contributed by atoms with van der Waals surface area (Å²) in [7, 11) is 0. The van der Waals surface area contributed by atoms with Crippen LogP contribution >= 0.6 is 0 Å². The Morgan fingerprint density at radius 3 is 2.46 bits per heavy atom. The highest BCUT2D eigenvalue weighted by Gasteiger charge is 2.16. The van der Waals surface area contributed by atoms with Crippen LogP contribution in [0, 0.1) is 0 Å². The first-order valence-electron chi connectivity index (χ1n) is 5.00. The van der Waals surface area contributed by atoms with Gasteiger partial charge in [-0.25, -0.2) is 0 Å². The normalized spacial score (nSPS) is 22.6. The van der Waals surface area contributed by atoms with Gasteiger partial charge in [0, 0.05) is 18.8 Å². The molecule has 1 saturated heterocycles. The number of allylic oxidation sites excluding steroid dienone is 4. The number of carbonyl (C=O) groups is 1. The van der Waals surface area contributed by atoms with Gasteiger partial charge in [0.2, 0.25) is 0 Å². The summed E-state index contributed by atoms with van der Waals surface area (Å²) < 4.78 is 0. The zero-order chi connectivity index (χ0) is 9.10. The smallest absolute Gasteiger partial charge is 0.146 e. The standard InChI is InChI=1S/C11H15NO/c13-9-10-3-5-11(6-4-10)12-7-1-2-8-12/h3,5,9H,1-2,4,6-8H2. The van der Waals surface area contributed by atoms with E-state index < -0.39 is 0 Å². The lowest BCUT2D eigenvalue weighted by atomic mass is 10.0. The maximum absolute atomic E-state index is 10.5. The molecule has 70 valence electrons. The molecule has 0 spiro atoms. The Kier molecular flexibility index (Phi) is 2.48. The summed E-state index contributed by atoms with van der Waals surface area (Å²) in [5, 5.41) is 0. The van der Waals surface area contributed by atoms with Gasteiger partial charge in [-0.3, -0.25) is 4.79 Å². The summed E-state index contributed by atoms with van der Waals surface area (Å²) in [6.07, 6.45) is 9.65. The van der Waals surface area contributed by atoms with Gasteiger partial charge in [-0.1, -0.05) is 6.08 Å². The first-order valence-corrected chi connectivity index (χ1v) is 5.00. The van der Waals surface area contributed by atoms with Crippen molar-refractivity contribution in [3.8, 4) is 0 Å². The Morgan fingerprint density at radius 1 is 1.15 bits per heavy atom. The van der Waals surface area contributed by atoms with Crippen molar-refractivity contribution in [2.75, 3.05) is 13.1 Å². The van der Waals surface area contributed by atoms with Crippen LogP contribution in [-0.2, 0) is 4.79 Å². The van der Waals surface area contributed by atoms with Crippen LogP contribution in [0.3, 0.4) is 0 Å². The number of carbonyl (C=O) groups excluding carboxylic acids is 1. The van der Waals surface area contributed by atoms with Crippen molar-refractivity contribution in [3.63, 3.8) is 0 Å². The van der Waals surface area contributed by atoms with E-state index in [0.717, 1.165) is 24.7 Å². The molecule has 1 aliphatic heterocycles. The van der Waals surface area contributed by atoms with Crippen LogP contribution < -0.4 is 0 Å². The van der Waals surface area contributed by atoms with E-state index in [-0.39, 0.29) is 0 Å². The van der Waals surface area contributed by atoms with E-state index in [2.05, 4.69) is 11.0 Å². The molecule has 0 aromatic heterocycles. The van der Waals surface area contributed by atoms with E-state index in [4.69, 9.17) is 0 Å². The van der Waals surface area contributed by atoms with Gasteiger partial charge >= 0.3 is 0 Å². The van der Waals surface area contributed by atoms with Crippen LogP contribution in [0.5, 0.6) is 0 Å². The second-order valence-electron chi connectivity index (χ2n) is 3.71. The van der Waals surface area contributed by atoms with Crippen LogP contribution in [0.15, 0.2) is 23.4 Å². The summed E-state index contributed by atoms with van der Waals surface area (Å²) in [5.41, 5.74) is 2.35. The molecule has 0 saturated carbocycles. The monoisotopic (exact) mass is 177 g/mol. The molecule has 0 amide bonds. The minimum atomic E-state index is 0.922. The van der Waals surface area contributed by atoms with Gasteiger partial charge in [0.15, 0.2) is 0 Å². The second-order valence-corrected chi connectivity index (χ2v) is 3.71. The molecule has 1 heterocycles. The van der Waals surface area contributed by atoms with Crippen molar-refractivity contribution in [2.45, 2.75) is 25.7 Å². The van der Waals surface area contributed by atoms with Gasteiger partial charge in [-0.15, -0.1) is 0 Å². The fraction of sp³-hybridized carbons (Fsp3) is 0.545. The average molecular weight is 177 g/mol. The van der Waals surface area contributed by atoms with Crippen LogP contribution in [0.1, 0.15) is 25.7 Å². The fourth-order valence-corrected chi connectivity index (χ4v) is 2.01. The first kappa shape index (κ1) is 8.54. The molecule has 0 atom stereocenters. The van der Waals surface area contributed by atoms with Crippen molar-refractivity contribution >= 4 is 6.29 Å². The molecule has 0 bridgehead atoms. The Morgan fingerprint density at radius 2 is 1.92 bits per heavy atom. The van der Waals surface area contributed by atoms with E-state index in [1.165, 1.54) is 31.6 Å². The summed E-state index contributed by atoms with van der Waals surface area (Å²) in [5.74, 6) is 0. The third kappa shape index (κ3) is 1.82. The van der Waals surface area contributed by atoms with Crippen molar-refractivity contribution in [2.24, 2.45) is 0 Å². The zero-order valence-corrected chi connectivity index (χ0v) is 7.83. The minimum absolute atomic E-state index is 0.922. The molecule has 1 fully saturated rings. The van der Waals surface area contributed by atoms with Crippen molar-refractivity contribution in [1.82, 2.24) is 4.90 Å². The molecule has 0 aromatic rings. The maximum atomic E-state index is 10.5. The number of nitrogens with zero attached hydrogens (tertiary/aromatic N) is 1. The Labute approximate surface area is 78.9 Å². The summed E-state index contributed by atoms with van der Waals surface area (Å²) in [6, 6.07) is 0. The molecule has 0 N–H and O–H groups in total. The van der Waals surface area contributed by atoms with Gasteiger partial charge < -0.3 is 4.90 Å². The van der Waals surface area contributed by atoms with Crippen LogP contribution in [0.25, 0.3) is 0 Å². The van der Waals surface area contributed by atoms with E-state index in [9.17, 15) is 4.79 Å². The molecule has 2 rings (SSSR count). The van der Waals surface area contributed by atoms with E-state index in [0.29, 0.717) is 0 Å². The Balaban J connectivity index is 2.04. The minimum Gasteiger partial charge on any atom is -0.375 e. The molecule has 0 radical (unpaired) electrons. The molecule has 0 aromatic carbocycles. The molecule has 13 heavy (non-hydrogen) atoms. The van der Waals surface area contributed by atoms with Gasteiger partial charge in [0.05, 0.1) is 0 Å². The fourth-order valence-electron chi connectivity index (χ4n) is 2.01. The van der Waals surface area contributed by atoms with E-state index in [1.807, 2.05) is 6.08 Å². The molecule has 2 nitrogen and oxygen atoms in total. The molecule has 0 unspecified atom stereocenters. The highest BCUT2D eigenvalue weighted by atomic mass is 16.1. The first-order chi connectivity index (χ1) is 6.40. The van der Waals surface area contributed by atoms with Crippen molar-refractivity contribution < 1.29 is 4.79 Å². The van der Waals surface area contributed by atoms with E-state index >= 15 is 0 Å². The topological polar surface area (TPSA) is 20.3 Å². The molecule has 2 aliphatic rings. The third-order valence-corrected chi connectivity index (χ3v) is 2.82. The molecule has 2 heteroatoms. The molecular formula is C11H15NO. The highest BCUT2D eigenvalue weighted by molar-refractivity contribution is 5.74. The predicted molar refractivity (Wildman–Crippen MR) is 52.3 cm³/mol. The Hall–Kier alpha value is -1.05. The quantitative estimate of drug-likeness (QED) is 0.600. The van der Waals surface area contributed by atoms with Gasteiger partial charge in [0.1, 0.15) is 6.29 Å². The largest absolute Gasteiger partial charge is 0.375 e. The number of hydrogen-bond donors (Lipinski definition) is 0. The average Bonchev–Trinajstić information content (AvgIpc) is 2.71. The highest BCUT2D eigenvalue weighted by Crippen LogP contribution is 2.23. The van der Waals surface area contributed by atoms with E-state index in [1.54, 1.807) is 0 Å². The lowest BCUT2D eigenvalue weighted by molar-refractivity contribution is -0.105.